The summed E-state index contributed by atoms with van der Waals surface area (Å²) in [7, 11) is 0. The summed E-state index contributed by atoms with van der Waals surface area (Å²) in [6, 6.07) is 12.0. The van der Waals surface area contributed by atoms with Crippen molar-refractivity contribution in [3.8, 4) is 5.75 Å². The fourth-order valence-corrected chi connectivity index (χ4v) is 2.33. The second-order valence-electron chi connectivity index (χ2n) is 4.09. The third-order valence-corrected chi connectivity index (χ3v) is 3.48. The van der Waals surface area contributed by atoms with Gasteiger partial charge in [0.1, 0.15) is 11.6 Å². The van der Waals surface area contributed by atoms with Gasteiger partial charge in [-0.1, -0.05) is 30.3 Å². The van der Waals surface area contributed by atoms with Crippen LogP contribution in [0, 0.1) is 5.82 Å². The molecule has 0 saturated heterocycles. The van der Waals surface area contributed by atoms with Crippen molar-refractivity contribution in [2.45, 2.75) is 13.0 Å². The smallest absolute Gasteiger partial charge is 0.142 e. The molecule has 0 aliphatic carbocycles. The minimum absolute atomic E-state index is 0.332. The van der Waals surface area contributed by atoms with Gasteiger partial charge in [-0.2, -0.15) is 0 Å². The first kappa shape index (κ1) is 14.0. The van der Waals surface area contributed by atoms with Crippen molar-refractivity contribution < 1.29 is 9.13 Å². The molecule has 0 aliphatic heterocycles. The lowest BCUT2D eigenvalue weighted by atomic mass is 9.98. The molecule has 0 bridgehead atoms. The van der Waals surface area contributed by atoms with Crippen molar-refractivity contribution in [1.29, 1.82) is 0 Å². The van der Waals surface area contributed by atoms with Crippen molar-refractivity contribution >= 4 is 15.9 Å². The van der Waals surface area contributed by atoms with Crippen LogP contribution in [0.1, 0.15) is 24.1 Å². The van der Waals surface area contributed by atoms with Crippen LogP contribution in [-0.2, 0) is 0 Å². The van der Waals surface area contributed by atoms with Gasteiger partial charge in [-0.05, 0) is 35.0 Å². The van der Waals surface area contributed by atoms with E-state index in [1.54, 1.807) is 18.2 Å². The minimum Gasteiger partial charge on any atom is -0.494 e. The summed E-state index contributed by atoms with van der Waals surface area (Å²) < 4.78 is 20.0. The minimum atomic E-state index is -0.555. The molecule has 2 rings (SSSR count). The molecule has 0 saturated carbocycles. The summed E-state index contributed by atoms with van der Waals surface area (Å²) >= 11 is 3.17. The van der Waals surface area contributed by atoms with Gasteiger partial charge in [0.05, 0.1) is 17.1 Å². The monoisotopic (exact) mass is 323 g/mol. The van der Waals surface area contributed by atoms with E-state index in [2.05, 4.69) is 15.9 Å². The fourth-order valence-electron chi connectivity index (χ4n) is 1.95. The van der Waals surface area contributed by atoms with E-state index >= 15 is 0 Å². The van der Waals surface area contributed by atoms with Gasteiger partial charge in [0.15, 0.2) is 0 Å². The summed E-state index contributed by atoms with van der Waals surface area (Å²) in [5.41, 5.74) is 7.40. The number of para-hydroxylation sites is 1. The SMILES string of the molecule is CCOc1ccccc1C(N)c1cccc(Br)c1F. The van der Waals surface area contributed by atoms with Crippen LogP contribution in [0.4, 0.5) is 4.39 Å². The number of rotatable bonds is 4. The van der Waals surface area contributed by atoms with Gasteiger partial charge in [0, 0.05) is 11.1 Å². The normalized spacial score (nSPS) is 12.2. The Bertz CT molecular complexity index is 574. The van der Waals surface area contributed by atoms with Gasteiger partial charge in [0.2, 0.25) is 0 Å². The van der Waals surface area contributed by atoms with Gasteiger partial charge in [-0.3, -0.25) is 0 Å². The lowest BCUT2D eigenvalue weighted by Crippen LogP contribution is -2.15. The van der Waals surface area contributed by atoms with Crippen molar-refractivity contribution in [2.75, 3.05) is 6.61 Å². The largest absolute Gasteiger partial charge is 0.494 e. The summed E-state index contributed by atoms with van der Waals surface area (Å²) in [5, 5.41) is 0. The van der Waals surface area contributed by atoms with Crippen LogP contribution in [-0.4, -0.2) is 6.61 Å². The molecule has 1 unspecified atom stereocenters. The van der Waals surface area contributed by atoms with E-state index in [-0.39, 0.29) is 5.82 Å². The molecular formula is C15H15BrFNO. The first-order valence-electron chi connectivity index (χ1n) is 6.06. The Morgan fingerprint density at radius 2 is 1.84 bits per heavy atom. The van der Waals surface area contributed by atoms with Gasteiger partial charge in [-0.25, -0.2) is 4.39 Å². The molecule has 0 fully saturated rings. The molecule has 2 nitrogen and oxygen atoms in total. The zero-order valence-corrected chi connectivity index (χ0v) is 12.2. The zero-order valence-electron chi connectivity index (χ0n) is 10.6. The van der Waals surface area contributed by atoms with Crippen LogP contribution >= 0.6 is 15.9 Å². The molecule has 2 aromatic carbocycles. The van der Waals surface area contributed by atoms with Crippen LogP contribution < -0.4 is 10.5 Å². The van der Waals surface area contributed by atoms with E-state index in [4.69, 9.17) is 10.5 Å². The maximum absolute atomic E-state index is 14.1. The van der Waals surface area contributed by atoms with Crippen LogP contribution in [0.25, 0.3) is 0 Å². The summed E-state index contributed by atoms with van der Waals surface area (Å²) in [6.07, 6.45) is 0. The number of ether oxygens (including phenoxy) is 1. The van der Waals surface area contributed by atoms with Crippen LogP contribution in [0.5, 0.6) is 5.75 Å². The molecule has 0 amide bonds. The standard InChI is InChI=1S/C15H15BrFNO/c1-2-19-13-9-4-3-6-10(13)15(18)11-7-5-8-12(16)14(11)17/h3-9,15H,2,18H2,1H3. The summed E-state index contributed by atoms with van der Waals surface area (Å²) in [4.78, 5) is 0. The molecule has 0 spiro atoms. The third kappa shape index (κ3) is 2.96. The Morgan fingerprint density at radius 1 is 1.16 bits per heavy atom. The van der Waals surface area contributed by atoms with Crippen molar-refractivity contribution in [3.63, 3.8) is 0 Å². The Morgan fingerprint density at radius 3 is 2.58 bits per heavy atom. The Labute approximate surface area is 120 Å². The van der Waals surface area contributed by atoms with Crippen LogP contribution in [0.2, 0.25) is 0 Å². The molecule has 2 N–H and O–H groups in total. The van der Waals surface area contributed by atoms with E-state index in [0.29, 0.717) is 22.4 Å². The molecule has 4 heteroatoms. The van der Waals surface area contributed by atoms with E-state index in [1.807, 2.05) is 31.2 Å². The highest BCUT2D eigenvalue weighted by atomic mass is 79.9. The topological polar surface area (TPSA) is 35.2 Å². The first-order chi connectivity index (χ1) is 9.15. The Hall–Kier alpha value is -1.39. The number of nitrogens with two attached hydrogens (primary N) is 1. The van der Waals surface area contributed by atoms with Crippen molar-refractivity contribution in [1.82, 2.24) is 0 Å². The maximum atomic E-state index is 14.1. The molecule has 100 valence electrons. The zero-order chi connectivity index (χ0) is 13.8. The summed E-state index contributed by atoms with van der Waals surface area (Å²) in [6.45, 7) is 2.45. The molecule has 19 heavy (non-hydrogen) atoms. The Balaban J connectivity index is 2.44. The van der Waals surface area contributed by atoms with Crippen molar-refractivity contribution in [2.24, 2.45) is 5.73 Å². The van der Waals surface area contributed by atoms with E-state index < -0.39 is 6.04 Å². The second kappa shape index (κ2) is 6.17. The number of benzene rings is 2. The van der Waals surface area contributed by atoms with E-state index in [9.17, 15) is 4.39 Å². The fraction of sp³-hybridized carbons (Fsp3) is 0.200. The number of halogens is 2. The predicted molar refractivity (Wildman–Crippen MR) is 77.7 cm³/mol. The van der Waals surface area contributed by atoms with Gasteiger partial charge in [-0.15, -0.1) is 0 Å². The average Bonchev–Trinajstić information content (AvgIpc) is 2.42. The molecule has 2 aromatic rings. The van der Waals surface area contributed by atoms with Gasteiger partial charge >= 0.3 is 0 Å². The highest BCUT2D eigenvalue weighted by Gasteiger charge is 2.18. The lowest BCUT2D eigenvalue weighted by Gasteiger charge is -2.17. The molecule has 0 aromatic heterocycles. The highest BCUT2D eigenvalue weighted by Crippen LogP contribution is 2.31. The maximum Gasteiger partial charge on any atom is 0.142 e. The highest BCUT2D eigenvalue weighted by molar-refractivity contribution is 9.10. The lowest BCUT2D eigenvalue weighted by molar-refractivity contribution is 0.335. The number of hydrogen-bond donors (Lipinski definition) is 1. The third-order valence-electron chi connectivity index (χ3n) is 2.87. The second-order valence-corrected chi connectivity index (χ2v) is 4.95. The average molecular weight is 324 g/mol. The number of hydrogen-bond acceptors (Lipinski definition) is 2. The molecule has 0 aliphatic rings. The van der Waals surface area contributed by atoms with Gasteiger partial charge in [0.25, 0.3) is 0 Å². The molecular weight excluding hydrogens is 309 g/mol. The first-order valence-corrected chi connectivity index (χ1v) is 6.85. The molecule has 0 heterocycles. The van der Waals surface area contributed by atoms with E-state index in [0.717, 1.165) is 5.56 Å². The predicted octanol–water partition coefficient (Wildman–Crippen LogP) is 4.04. The van der Waals surface area contributed by atoms with Crippen LogP contribution in [0.3, 0.4) is 0 Å². The van der Waals surface area contributed by atoms with E-state index in [1.165, 1.54) is 0 Å². The van der Waals surface area contributed by atoms with Crippen molar-refractivity contribution in [3.05, 3.63) is 63.9 Å². The molecule has 0 radical (unpaired) electrons. The molecule has 1 atom stereocenters. The van der Waals surface area contributed by atoms with Crippen LogP contribution in [0.15, 0.2) is 46.9 Å². The quantitative estimate of drug-likeness (QED) is 0.921. The Kier molecular flexibility index (Phi) is 4.56. The van der Waals surface area contributed by atoms with Gasteiger partial charge < -0.3 is 10.5 Å². The summed E-state index contributed by atoms with van der Waals surface area (Å²) in [5.74, 6) is 0.359.